The first-order valence-electron chi connectivity index (χ1n) is 7.52. The van der Waals surface area contributed by atoms with E-state index in [4.69, 9.17) is 29.0 Å². The fraction of sp³-hybridized carbons (Fsp3) is 0.250. The van der Waals surface area contributed by atoms with Gasteiger partial charge in [-0.05, 0) is 37.1 Å². The summed E-state index contributed by atoms with van der Waals surface area (Å²) >= 11 is 0. The highest BCUT2D eigenvalue weighted by Gasteiger charge is 2.21. The predicted octanol–water partition coefficient (Wildman–Crippen LogP) is 3.00. The minimum Gasteiger partial charge on any atom is -0.480 e. The molecule has 10 heteroatoms. The molecule has 0 spiro atoms. The topological polar surface area (TPSA) is 134 Å². The number of rotatable bonds is 7. The molecule has 0 unspecified atom stereocenters. The molecule has 0 heterocycles. The second kappa shape index (κ2) is 7.92. The molecule has 0 atom stereocenters. The molecular weight excluding hydrogens is 382 g/mol. The normalized spacial score (nSPS) is 12.1. The summed E-state index contributed by atoms with van der Waals surface area (Å²) in [6.07, 6.45) is -1.57. The molecule has 0 saturated heterocycles. The Kier molecular flexibility index (Phi) is 6.29. The number of hydrogen-bond acceptors (Lipinski definition) is 4. The Bertz CT molecular complexity index is 810. The van der Waals surface area contributed by atoms with Crippen molar-refractivity contribution in [2.75, 3.05) is 12.7 Å². The molecule has 0 aliphatic carbocycles. The summed E-state index contributed by atoms with van der Waals surface area (Å²) in [6.45, 7) is 3.58. The molecule has 2 aromatic carbocycles. The standard InChI is InChI=1S/C16H20O8P2/c1-11-5-3-7-13(23-9-25(17,18)19)15(11)16-12(2)6-4-8-14(16)24-10-26(20,21)22/h3-8H,9-10H2,1-2H3,(H2,17,18,19)(H2,20,21,22). The largest absolute Gasteiger partial charge is 0.480 e. The molecule has 26 heavy (non-hydrogen) atoms. The lowest BCUT2D eigenvalue weighted by Crippen LogP contribution is -2.04. The van der Waals surface area contributed by atoms with Crippen LogP contribution in [0, 0.1) is 13.8 Å². The van der Waals surface area contributed by atoms with Crippen LogP contribution in [0.25, 0.3) is 11.1 Å². The first-order valence-corrected chi connectivity index (χ1v) is 11.1. The molecule has 2 aromatic rings. The van der Waals surface area contributed by atoms with Crippen LogP contribution in [0.4, 0.5) is 0 Å². The average Bonchev–Trinajstić information content (AvgIpc) is 2.50. The van der Waals surface area contributed by atoms with E-state index in [0.29, 0.717) is 11.1 Å². The summed E-state index contributed by atoms with van der Waals surface area (Å²) in [5.41, 5.74) is 2.59. The maximum absolute atomic E-state index is 11.1. The zero-order valence-electron chi connectivity index (χ0n) is 14.2. The molecule has 4 N–H and O–H groups in total. The molecule has 0 radical (unpaired) electrons. The maximum Gasteiger partial charge on any atom is 0.362 e. The van der Waals surface area contributed by atoms with Gasteiger partial charge in [0.2, 0.25) is 0 Å². The van der Waals surface area contributed by atoms with Gasteiger partial charge < -0.3 is 29.0 Å². The van der Waals surface area contributed by atoms with Crippen molar-refractivity contribution in [3.05, 3.63) is 47.5 Å². The maximum atomic E-state index is 11.1. The van der Waals surface area contributed by atoms with Crippen LogP contribution in [0.5, 0.6) is 11.5 Å². The number of aryl methyl sites for hydroxylation is 2. The van der Waals surface area contributed by atoms with Crippen molar-refractivity contribution in [1.82, 2.24) is 0 Å². The first-order chi connectivity index (χ1) is 12.0. The van der Waals surface area contributed by atoms with Crippen LogP contribution in [-0.2, 0) is 9.13 Å². The highest BCUT2D eigenvalue weighted by molar-refractivity contribution is 7.51. The fourth-order valence-corrected chi connectivity index (χ4v) is 3.08. The Morgan fingerprint density at radius 2 is 1.08 bits per heavy atom. The Morgan fingerprint density at radius 1 is 0.731 bits per heavy atom. The van der Waals surface area contributed by atoms with Crippen LogP contribution in [0.3, 0.4) is 0 Å². The molecule has 0 saturated carbocycles. The Balaban J connectivity index is 2.54. The summed E-state index contributed by atoms with van der Waals surface area (Å²) in [5.74, 6) is 0.479. The van der Waals surface area contributed by atoms with Crippen molar-refractivity contribution in [3.63, 3.8) is 0 Å². The number of ether oxygens (including phenoxy) is 2. The minimum absolute atomic E-state index is 0.239. The van der Waals surface area contributed by atoms with Crippen LogP contribution in [-0.4, -0.2) is 32.3 Å². The van der Waals surface area contributed by atoms with Crippen molar-refractivity contribution in [3.8, 4) is 22.6 Å². The molecule has 0 bridgehead atoms. The van der Waals surface area contributed by atoms with E-state index in [1.54, 1.807) is 50.2 Å². The quantitative estimate of drug-likeness (QED) is 0.520. The number of hydrogen-bond donors (Lipinski definition) is 4. The predicted molar refractivity (Wildman–Crippen MR) is 96.4 cm³/mol. The average molecular weight is 402 g/mol. The van der Waals surface area contributed by atoms with Crippen molar-refractivity contribution < 1.29 is 38.2 Å². The molecule has 8 nitrogen and oxygen atoms in total. The minimum atomic E-state index is -4.37. The van der Waals surface area contributed by atoms with Crippen LogP contribution >= 0.6 is 15.2 Å². The monoisotopic (exact) mass is 402 g/mol. The van der Waals surface area contributed by atoms with E-state index in [1.807, 2.05) is 0 Å². The molecule has 0 fully saturated rings. The van der Waals surface area contributed by atoms with Crippen LogP contribution in [0.1, 0.15) is 11.1 Å². The molecule has 0 amide bonds. The van der Waals surface area contributed by atoms with Crippen molar-refractivity contribution in [1.29, 1.82) is 0 Å². The third kappa shape index (κ3) is 5.68. The smallest absolute Gasteiger partial charge is 0.362 e. The summed E-state index contributed by atoms with van der Waals surface area (Å²) in [6, 6.07) is 10.1. The molecule has 0 aliphatic heterocycles. The van der Waals surface area contributed by atoms with E-state index in [2.05, 4.69) is 0 Å². The molecular formula is C16H20O8P2. The molecule has 0 aliphatic rings. The van der Waals surface area contributed by atoms with Crippen LogP contribution in [0.2, 0.25) is 0 Å². The third-order valence-corrected chi connectivity index (χ3v) is 4.43. The Hall–Kier alpha value is -1.66. The van der Waals surface area contributed by atoms with E-state index < -0.39 is 27.9 Å². The van der Waals surface area contributed by atoms with Gasteiger partial charge in [0, 0.05) is 11.1 Å². The highest BCUT2D eigenvalue weighted by Crippen LogP contribution is 2.44. The second-order valence-corrected chi connectivity index (χ2v) is 8.95. The number of benzene rings is 2. The van der Waals surface area contributed by atoms with Gasteiger partial charge in [-0.3, -0.25) is 9.13 Å². The van der Waals surface area contributed by atoms with Gasteiger partial charge in [0.1, 0.15) is 11.5 Å². The SMILES string of the molecule is Cc1cccc(OCP(=O)(O)O)c1-c1c(C)cccc1OCP(=O)(O)O. The summed E-state index contributed by atoms with van der Waals surface area (Å²) in [5, 5.41) is 0. The zero-order chi connectivity index (χ0) is 19.5. The molecule has 0 aromatic heterocycles. The van der Waals surface area contributed by atoms with E-state index in [-0.39, 0.29) is 11.5 Å². The van der Waals surface area contributed by atoms with Gasteiger partial charge in [0.15, 0.2) is 12.7 Å². The van der Waals surface area contributed by atoms with Crippen LogP contribution in [0.15, 0.2) is 36.4 Å². The lowest BCUT2D eigenvalue weighted by molar-refractivity contribution is 0.298. The summed E-state index contributed by atoms with van der Waals surface area (Å²) < 4.78 is 32.9. The third-order valence-electron chi connectivity index (χ3n) is 3.50. The second-order valence-electron chi connectivity index (χ2n) is 5.77. The fourth-order valence-electron chi connectivity index (χ4n) is 2.47. The molecule has 142 valence electrons. The molecule has 2 rings (SSSR count). The van der Waals surface area contributed by atoms with Gasteiger partial charge in [0.25, 0.3) is 0 Å². The first kappa shape index (κ1) is 20.6. The van der Waals surface area contributed by atoms with Crippen LogP contribution < -0.4 is 9.47 Å². The van der Waals surface area contributed by atoms with Gasteiger partial charge in [-0.25, -0.2) is 0 Å². The van der Waals surface area contributed by atoms with Crippen molar-refractivity contribution >= 4 is 15.2 Å². The van der Waals surface area contributed by atoms with E-state index in [9.17, 15) is 9.13 Å². The van der Waals surface area contributed by atoms with Gasteiger partial charge in [-0.15, -0.1) is 0 Å². The Labute approximate surface area is 150 Å². The zero-order valence-corrected chi connectivity index (χ0v) is 16.0. The summed E-state index contributed by atoms with van der Waals surface area (Å²) in [4.78, 5) is 36.3. The van der Waals surface area contributed by atoms with Gasteiger partial charge in [-0.1, -0.05) is 24.3 Å². The van der Waals surface area contributed by atoms with E-state index in [0.717, 1.165) is 11.1 Å². The lowest BCUT2D eigenvalue weighted by Gasteiger charge is -2.19. The van der Waals surface area contributed by atoms with Gasteiger partial charge in [0.05, 0.1) is 0 Å². The van der Waals surface area contributed by atoms with Crippen molar-refractivity contribution in [2.45, 2.75) is 13.8 Å². The highest BCUT2D eigenvalue weighted by atomic mass is 31.2. The summed E-state index contributed by atoms with van der Waals surface area (Å²) in [7, 11) is -8.75. The van der Waals surface area contributed by atoms with E-state index in [1.165, 1.54) is 0 Å². The van der Waals surface area contributed by atoms with Crippen molar-refractivity contribution in [2.24, 2.45) is 0 Å². The lowest BCUT2D eigenvalue weighted by atomic mass is 9.95. The Morgan fingerprint density at radius 3 is 1.38 bits per heavy atom. The van der Waals surface area contributed by atoms with Gasteiger partial charge >= 0.3 is 15.2 Å². The van der Waals surface area contributed by atoms with E-state index >= 15 is 0 Å². The van der Waals surface area contributed by atoms with Gasteiger partial charge in [-0.2, -0.15) is 0 Å².